The molecular formula is C14H11ClFN3. The minimum Gasteiger partial charge on any atom is -0.279 e. The van der Waals surface area contributed by atoms with Gasteiger partial charge in [0.05, 0.1) is 11.1 Å². The molecule has 0 amide bonds. The highest BCUT2D eigenvalue weighted by Gasteiger charge is 2.17. The first-order valence-corrected chi connectivity index (χ1v) is 6.34. The molecule has 0 spiro atoms. The summed E-state index contributed by atoms with van der Waals surface area (Å²) in [5.74, 6) is 0.351. The van der Waals surface area contributed by atoms with Crippen LogP contribution in [-0.4, -0.2) is 14.5 Å². The number of hydrogen-bond acceptors (Lipinski definition) is 2. The number of rotatable bonds is 2. The van der Waals surface area contributed by atoms with Gasteiger partial charge in [0.2, 0.25) is 0 Å². The van der Waals surface area contributed by atoms with Crippen LogP contribution >= 0.6 is 11.6 Å². The molecule has 0 radical (unpaired) electrons. The SMILES string of the molecule is CC(Cl)c1nc2cccnc2n1-c1cccc(F)c1. The van der Waals surface area contributed by atoms with Crippen molar-refractivity contribution >= 4 is 22.8 Å². The van der Waals surface area contributed by atoms with Crippen LogP contribution in [0.5, 0.6) is 0 Å². The lowest BCUT2D eigenvalue weighted by Gasteiger charge is -2.09. The molecule has 96 valence electrons. The molecule has 0 saturated heterocycles. The van der Waals surface area contributed by atoms with Crippen molar-refractivity contribution in [3.05, 3.63) is 54.2 Å². The minimum atomic E-state index is -0.302. The quantitative estimate of drug-likeness (QED) is 0.665. The molecule has 0 bridgehead atoms. The van der Waals surface area contributed by atoms with Crippen LogP contribution < -0.4 is 0 Å². The highest BCUT2D eigenvalue weighted by atomic mass is 35.5. The van der Waals surface area contributed by atoms with Gasteiger partial charge in [-0.3, -0.25) is 4.57 Å². The van der Waals surface area contributed by atoms with Gasteiger partial charge in [-0.2, -0.15) is 0 Å². The van der Waals surface area contributed by atoms with E-state index in [1.165, 1.54) is 12.1 Å². The second-order valence-electron chi connectivity index (χ2n) is 4.25. The minimum absolute atomic E-state index is 0.294. The van der Waals surface area contributed by atoms with Crippen molar-refractivity contribution in [3.8, 4) is 5.69 Å². The first-order chi connectivity index (χ1) is 9.16. The summed E-state index contributed by atoms with van der Waals surface area (Å²) in [7, 11) is 0. The number of nitrogens with zero attached hydrogens (tertiary/aromatic N) is 3. The van der Waals surface area contributed by atoms with E-state index in [0.29, 0.717) is 17.2 Å². The first kappa shape index (κ1) is 12.1. The van der Waals surface area contributed by atoms with E-state index in [1.807, 2.05) is 25.1 Å². The van der Waals surface area contributed by atoms with E-state index in [0.717, 1.165) is 5.52 Å². The van der Waals surface area contributed by atoms with Crippen molar-refractivity contribution in [3.63, 3.8) is 0 Å². The summed E-state index contributed by atoms with van der Waals surface area (Å²) < 4.78 is 15.2. The molecule has 0 saturated carbocycles. The monoisotopic (exact) mass is 275 g/mol. The van der Waals surface area contributed by atoms with Gasteiger partial charge in [-0.1, -0.05) is 6.07 Å². The number of imidazole rings is 1. The van der Waals surface area contributed by atoms with Crippen LogP contribution in [0.3, 0.4) is 0 Å². The van der Waals surface area contributed by atoms with Crippen molar-refractivity contribution in [2.24, 2.45) is 0 Å². The lowest BCUT2D eigenvalue weighted by molar-refractivity contribution is 0.626. The van der Waals surface area contributed by atoms with Gasteiger partial charge in [-0.15, -0.1) is 11.6 Å². The molecule has 1 atom stereocenters. The highest BCUT2D eigenvalue weighted by Crippen LogP contribution is 2.27. The highest BCUT2D eigenvalue weighted by molar-refractivity contribution is 6.20. The fraction of sp³-hybridized carbons (Fsp3) is 0.143. The van der Waals surface area contributed by atoms with Crippen molar-refractivity contribution in [2.45, 2.75) is 12.3 Å². The Morgan fingerprint density at radius 1 is 1.26 bits per heavy atom. The van der Waals surface area contributed by atoms with Gasteiger partial charge in [0.1, 0.15) is 17.2 Å². The summed E-state index contributed by atoms with van der Waals surface area (Å²) in [5.41, 5.74) is 2.09. The number of alkyl halides is 1. The average molecular weight is 276 g/mol. The smallest absolute Gasteiger partial charge is 0.164 e. The van der Waals surface area contributed by atoms with Crippen molar-refractivity contribution in [1.29, 1.82) is 0 Å². The van der Waals surface area contributed by atoms with Gasteiger partial charge in [-0.25, -0.2) is 14.4 Å². The van der Waals surface area contributed by atoms with Gasteiger partial charge in [0.15, 0.2) is 5.65 Å². The first-order valence-electron chi connectivity index (χ1n) is 5.90. The van der Waals surface area contributed by atoms with Crippen LogP contribution in [0.15, 0.2) is 42.6 Å². The lowest BCUT2D eigenvalue weighted by Crippen LogP contribution is -2.02. The number of aromatic nitrogens is 3. The van der Waals surface area contributed by atoms with Gasteiger partial charge in [0, 0.05) is 6.20 Å². The third-order valence-electron chi connectivity index (χ3n) is 2.86. The molecular weight excluding hydrogens is 265 g/mol. The fourth-order valence-corrected chi connectivity index (χ4v) is 2.21. The molecule has 1 unspecified atom stereocenters. The number of pyridine rings is 1. The molecule has 19 heavy (non-hydrogen) atoms. The van der Waals surface area contributed by atoms with Crippen LogP contribution in [0.25, 0.3) is 16.9 Å². The Bertz CT molecular complexity index is 736. The van der Waals surface area contributed by atoms with Gasteiger partial charge in [0.25, 0.3) is 0 Å². The molecule has 3 nitrogen and oxygen atoms in total. The summed E-state index contributed by atoms with van der Waals surface area (Å²) in [6, 6.07) is 9.98. The molecule has 1 aromatic carbocycles. The second kappa shape index (κ2) is 4.63. The van der Waals surface area contributed by atoms with Crippen LogP contribution in [0.2, 0.25) is 0 Å². The number of fused-ring (bicyclic) bond motifs is 1. The van der Waals surface area contributed by atoms with E-state index in [-0.39, 0.29) is 11.2 Å². The summed E-state index contributed by atoms with van der Waals surface area (Å²) in [6.45, 7) is 1.83. The Hall–Kier alpha value is -1.94. The van der Waals surface area contributed by atoms with Crippen LogP contribution in [0.4, 0.5) is 4.39 Å². The zero-order chi connectivity index (χ0) is 13.4. The van der Waals surface area contributed by atoms with Gasteiger partial charge in [-0.05, 0) is 37.3 Å². The Kier molecular flexibility index (Phi) is 2.95. The molecule has 3 rings (SSSR count). The summed E-state index contributed by atoms with van der Waals surface area (Å²) in [4.78, 5) is 8.77. The zero-order valence-corrected chi connectivity index (χ0v) is 11.0. The predicted molar refractivity (Wildman–Crippen MR) is 73.1 cm³/mol. The Morgan fingerprint density at radius 3 is 2.84 bits per heavy atom. The van der Waals surface area contributed by atoms with Crippen LogP contribution in [-0.2, 0) is 0 Å². The fourth-order valence-electron chi connectivity index (χ4n) is 2.07. The number of benzene rings is 1. The Balaban J connectivity index is 2.34. The van der Waals surface area contributed by atoms with E-state index < -0.39 is 0 Å². The topological polar surface area (TPSA) is 30.7 Å². The largest absolute Gasteiger partial charge is 0.279 e. The maximum absolute atomic E-state index is 13.4. The third kappa shape index (κ3) is 2.08. The third-order valence-corrected chi connectivity index (χ3v) is 3.06. The van der Waals surface area contributed by atoms with E-state index in [1.54, 1.807) is 16.8 Å². The van der Waals surface area contributed by atoms with E-state index in [9.17, 15) is 4.39 Å². The van der Waals surface area contributed by atoms with Gasteiger partial charge < -0.3 is 0 Å². The van der Waals surface area contributed by atoms with Crippen molar-refractivity contribution in [2.75, 3.05) is 0 Å². The normalized spacial score (nSPS) is 12.8. The lowest BCUT2D eigenvalue weighted by atomic mass is 10.3. The molecule has 0 aliphatic rings. The second-order valence-corrected chi connectivity index (χ2v) is 4.90. The molecule has 0 aliphatic carbocycles. The Labute approximate surface area is 114 Å². The number of halogens is 2. The van der Waals surface area contributed by atoms with Crippen LogP contribution in [0.1, 0.15) is 18.1 Å². The summed E-state index contributed by atoms with van der Waals surface area (Å²) in [5, 5.41) is -0.294. The van der Waals surface area contributed by atoms with E-state index in [2.05, 4.69) is 9.97 Å². The molecule has 2 aromatic heterocycles. The standard InChI is InChI=1S/C14H11ClFN3/c1-9(15)13-18-12-6-3-7-17-14(12)19(13)11-5-2-4-10(16)8-11/h2-9H,1H3. The molecule has 0 fully saturated rings. The molecule has 0 N–H and O–H groups in total. The molecule has 0 aliphatic heterocycles. The van der Waals surface area contributed by atoms with E-state index in [4.69, 9.17) is 11.6 Å². The summed E-state index contributed by atoms with van der Waals surface area (Å²) in [6.07, 6.45) is 1.68. The molecule has 5 heteroatoms. The maximum Gasteiger partial charge on any atom is 0.164 e. The Morgan fingerprint density at radius 2 is 2.11 bits per heavy atom. The maximum atomic E-state index is 13.4. The predicted octanol–water partition coefficient (Wildman–Crippen LogP) is 3.86. The van der Waals surface area contributed by atoms with E-state index >= 15 is 0 Å². The molecule has 3 aromatic rings. The average Bonchev–Trinajstić information content (AvgIpc) is 2.78. The van der Waals surface area contributed by atoms with Gasteiger partial charge >= 0.3 is 0 Å². The van der Waals surface area contributed by atoms with Crippen molar-refractivity contribution in [1.82, 2.24) is 14.5 Å². The summed E-state index contributed by atoms with van der Waals surface area (Å²) >= 11 is 6.16. The van der Waals surface area contributed by atoms with Crippen molar-refractivity contribution < 1.29 is 4.39 Å². The van der Waals surface area contributed by atoms with Crippen LogP contribution in [0, 0.1) is 5.82 Å². The molecule has 2 heterocycles. The zero-order valence-electron chi connectivity index (χ0n) is 10.2. The number of hydrogen-bond donors (Lipinski definition) is 0.